The minimum Gasteiger partial charge on any atom is -0.421 e. The van der Waals surface area contributed by atoms with Gasteiger partial charge in [-0.2, -0.15) is 0 Å². The predicted molar refractivity (Wildman–Crippen MR) is 33.8 cm³/mol. The van der Waals surface area contributed by atoms with E-state index in [1.54, 1.807) is 6.92 Å². The number of rotatable bonds is 2. The lowest BCUT2D eigenvalue weighted by Crippen LogP contribution is -2.42. The van der Waals surface area contributed by atoms with Crippen LogP contribution >= 0.6 is 0 Å². The van der Waals surface area contributed by atoms with Gasteiger partial charge in [-0.25, -0.2) is 4.79 Å². The first kappa shape index (κ1) is 8.29. The number of hydrogen-bond donors (Lipinski definition) is 0. The Morgan fingerprint density at radius 2 is 2.00 bits per heavy atom. The van der Waals surface area contributed by atoms with Crippen molar-refractivity contribution in [2.24, 2.45) is 0 Å². The molecule has 1 aliphatic heterocycles. The van der Waals surface area contributed by atoms with Gasteiger partial charge in [-0.3, -0.25) is 0 Å². The number of methoxy groups -OCH3 is 2. The SMILES string of the molecule is COC1(OC)OC(=O)OC1C. The average molecular weight is 162 g/mol. The van der Waals surface area contributed by atoms with Crippen molar-refractivity contribution in [1.29, 1.82) is 0 Å². The molecule has 0 aromatic heterocycles. The van der Waals surface area contributed by atoms with Crippen molar-refractivity contribution in [3.05, 3.63) is 0 Å². The molecule has 0 radical (unpaired) electrons. The van der Waals surface area contributed by atoms with Gasteiger partial charge in [-0.05, 0) is 6.92 Å². The summed E-state index contributed by atoms with van der Waals surface area (Å²) in [6, 6.07) is 0. The van der Waals surface area contributed by atoms with Gasteiger partial charge in [0.1, 0.15) is 0 Å². The van der Waals surface area contributed by atoms with Crippen LogP contribution in [0, 0.1) is 0 Å². The van der Waals surface area contributed by atoms with Crippen LogP contribution in [0.25, 0.3) is 0 Å². The van der Waals surface area contributed by atoms with E-state index in [2.05, 4.69) is 9.47 Å². The molecule has 0 saturated carbocycles. The molecule has 0 N–H and O–H groups in total. The molecule has 0 spiro atoms. The van der Waals surface area contributed by atoms with Crippen LogP contribution in [-0.2, 0) is 18.9 Å². The summed E-state index contributed by atoms with van der Waals surface area (Å²) < 4.78 is 19.0. The highest BCUT2D eigenvalue weighted by Crippen LogP contribution is 2.27. The zero-order valence-corrected chi connectivity index (χ0v) is 6.62. The lowest BCUT2D eigenvalue weighted by atomic mass is 10.3. The normalized spacial score (nSPS) is 27.9. The highest BCUT2D eigenvalue weighted by molar-refractivity contribution is 5.62. The van der Waals surface area contributed by atoms with E-state index < -0.39 is 18.2 Å². The predicted octanol–water partition coefficient (Wildman–Crippen LogP) is 0.488. The Bertz CT molecular complexity index is 162. The molecule has 1 saturated heterocycles. The van der Waals surface area contributed by atoms with Crippen LogP contribution in [0.5, 0.6) is 0 Å². The maximum atomic E-state index is 10.6. The second-order valence-corrected chi connectivity index (χ2v) is 2.12. The molecule has 1 atom stereocenters. The highest BCUT2D eigenvalue weighted by atomic mass is 16.9. The summed E-state index contributed by atoms with van der Waals surface area (Å²) >= 11 is 0. The second kappa shape index (κ2) is 2.67. The Morgan fingerprint density at radius 3 is 2.18 bits per heavy atom. The van der Waals surface area contributed by atoms with Crippen molar-refractivity contribution >= 4 is 6.16 Å². The van der Waals surface area contributed by atoms with Gasteiger partial charge in [0.05, 0.1) is 0 Å². The largest absolute Gasteiger partial charge is 0.513 e. The third-order valence-corrected chi connectivity index (χ3v) is 1.57. The van der Waals surface area contributed by atoms with Crippen molar-refractivity contribution < 1.29 is 23.7 Å². The molecule has 1 rings (SSSR count). The van der Waals surface area contributed by atoms with Gasteiger partial charge in [-0.1, -0.05) is 0 Å². The lowest BCUT2D eigenvalue weighted by Gasteiger charge is -2.23. The van der Waals surface area contributed by atoms with E-state index in [4.69, 9.17) is 9.47 Å². The van der Waals surface area contributed by atoms with Gasteiger partial charge >= 0.3 is 12.1 Å². The molecule has 0 amide bonds. The van der Waals surface area contributed by atoms with Crippen molar-refractivity contribution in [3.63, 3.8) is 0 Å². The number of hydrogen-bond acceptors (Lipinski definition) is 5. The van der Waals surface area contributed by atoms with Gasteiger partial charge in [0.25, 0.3) is 0 Å². The molecule has 1 aliphatic rings. The van der Waals surface area contributed by atoms with Crippen LogP contribution in [0.4, 0.5) is 4.79 Å². The summed E-state index contributed by atoms with van der Waals surface area (Å²) in [4.78, 5) is 10.6. The highest BCUT2D eigenvalue weighted by Gasteiger charge is 2.50. The molecule has 0 aliphatic carbocycles. The van der Waals surface area contributed by atoms with E-state index in [1.807, 2.05) is 0 Å². The number of carbonyl (C=O) groups is 1. The fourth-order valence-electron chi connectivity index (χ4n) is 0.938. The summed E-state index contributed by atoms with van der Waals surface area (Å²) in [5.41, 5.74) is 0. The Kier molecular flexibility index (Phi) is 2.01. The van der Waals surface area contributed by atoms with Crippen molar-refractivity contribution in [3.8, 4) is 0 Å². The van der Waals surface area contributed by atoms with Crippen LogP contribution in [0.2, 0.25) is 0 Å². The van der Waals surface area contributed by atoms with Crippen LogP contribution in [0.3, 0.4) is 0 Å². The molecule has 5 heteroatoms. The van der Waals surface area contributed by atoms with E-state index in [9.17, 15) is 4.79 Å². The van der Waals surface area contributed by atoms with Gasteiger partial charge < -0.3 is 18.9 Å². The fraction of sp³-hybridized carbons (Fsp3) is 0.833. The minimum absolute atomic E-state index is 0.551. The first-order valence-electron chi connectivity index (χ1n) is 3.14. The summed E-state index contributed by atoms with van der Waals surface area (Å²) in [5.74, 6) is -1.36. The van der Waals surface area contributed by atoms with Crippen LogP contribution in [0.15, 0.2) is 0 Å². The molecular weight excluding hydrogens is 152 g/mol. The van der Waals surface area contributed by atoms with Crippen molar-refractivity contribution in [2.45, 2.75) is 19.0 Å². The Labute approximate surface area is 64.2 Å². The van der Waals surface area contributed by atoms with E-state index >= 15 is 0 Å². The molecular formula is C6H10O5. The second-order valence-electron chi connectivity index (χ2n) is 2.12. The Balaban J connectivity index is 2.75. The molecule has 0 bridgehead atoms. The third kappa shape index (κ3) is 1.17. The van der Waals surface area contributed by atoms with Gasteiger partial charge in [-0.15, -0.1) is 0 Å². The number of cyclic esters (lactones) is 2. The molecule has 0 aromatic carbocycles. The zero-order chi connectivity index (χ0) is 8.48. The van der Waals surface area contributed by atoms with Crippen LogP contribution in [0.1, 0.15) is 6.92 Å². The van der Waals surface area contributed by atoms with E-state index in [0.717, 1.165) is 0 Å². The van der Waals surface area contributed by atoms with Crippen molar-refractivity contribution in [1.82, 2.24) is 0 Å². The maximum absolute atomic E-state index is 10.6. The summed E-state index contributed by atoms with van der Waals surface area (Å²) in [5, 5.41) is 0. The summed E-state index contributed by atoms with van der Waals surface area (Å²) in [6.45, 7) is 1.62. The maximum Gasteiger partial charge on any atom is 0.513 e. The zero-order valence-electron chi connectivity index (χ0n) is 6.62. The number of ether oxygens (including phenoxy) is 4. The quantitative estimate of drug-likeness (QED) is 0.437. The fourth-order valence-corrected chi connectivity index (χ4v) is 0.938. The topological polar surface area (TPSA) is 54.0 Å². The molecule has 1 unspecified atom stereocenters. The molecule has 1 fully saturated rings. The third-order valence-electron chi connectivity index (χ3n) is 1.57. The monoisotopic (exact) mass is 162 g/mol. The minimum atomic E-state index is -1.36. The Morgan fingerprint density at radius 1 is 1.45 bits per heavy atom. The Hall–Kier alpha value is -0.810. The first-order valence-corrected chi connectivity index (χ1v) is 3.14. The van der Waals surface area contributed by atoms with Crippen molar-refractivity contribution in [2.75, 3.05) is 14.2 Å². The molecule has 11 heavy (non-hydrogen) atoms. The summed E-state index contributed by atoms with van der Waals surface area (Å²) in [7, 11) is 2.75. The van der Waals surface area contributed by atoms with Crippen LogP contribution < -0.4 is 0 Å². The number of carbonyl (C=O) groups excluding carboxylic acids is 1. The average Bonchev–Trinajstić information content (AvgIpc) is 2.27. The summed E-state index contributed by atoms with van der Waals surface area (Å²) in [6.07, 6.45) is -1.33. The van der Waals surface area contributed by atoms with Gasteiger partial charge in [0.2, 0.25) is 0 Å². The smallest absolute Gasteiger partial charge is 0.421 e. The van der Waals surface area contributed by atoms with Gasteiger partial charge in [0.15, 0.2) is 6.10 Å². The van der Waals surface area contributed by atoms with Gasteiger partial charge in [0, 0.05) is 14.2 Å². The van der Waals surface area contributed by atoms with Crippen LogP contribution in [-0.4, -0.2) is 32.5 Å². The molecule has 1 heterocycles. The van der Waals surface area contributed by atoms with E-state index in [0.29, 0.717) is 0 Å². The van der Waals surface area contributed by atoms with E-state index in [-0.39, 0.29) is 0 Å². The standard InChI is InChI=1S/C6H10O5/c1-4-6(8-2,9-3)11-5(7)10-4/h4H,1-3H3. The van der Waals surface area contributed by atoms with E-state index in [1.165, 1.54) is 14.2 Å². The first-order chi connectivity index (χ1) is 5.14. The molecule has 0 aromatic rings. The molecule has 5 nitrogen and oxygen atoms in total. The lowest BCUT2D eigenvalue weighted by molar-refractivity contribution is -0.334. The molecule has 64 valence electrons.